The van der Waals surface area contributed by atoms with Crippen LogP contribution >= 0.6 is 0 Å². The molecule has 0 aliphatic heterocycles. The third-order valence-corrected chi connectivity index (χ3v) is 2.49. The van der Waals surface area contributed by atoms with Crippen LogP contribution in [0.5, 0.6) is 0 Å². The van der Waals surface area contributed by atoms with E-state index in [1.165, 1.54) is 18.2 Å². The number of hydrogen-bond donors (Lipinski definition) is 1. The second kappa shape index (κ2) is 4.59. The minimum absolute atomic E-state index is 0.0185. The van der Waals surface area contributed by atoms with Crippen LogP contribution in [0.2, 0.25) is 0 Å². The molecule has 0 saturated heterocycles. The molecule has 0 atom stereocenters. The molecule has 0 bridgehead atoms. The summed E-state index contributed by atoms with van der Waals surface area (Å²) in [6.07, 6.45) is 0. The summed E-state index contributed by atoms with van der Waals surface area (Å²) < 4.78 is 40.1. The largest absolute Gasteiger partial charge is 0.326 e. The van der Waals surface area contributed by atoms with E-state index in [2.05, 4.69) is 0 Å². The van der Waals surface area contributed by atoms with Crippen LogP contribution in [0.15, 0.2) is 36.4 Å². The van der Waals surface area contributed by atoms with E-state index in [0.717, 1.165) is 18.2 Å². The number of benzene rings is 2. The van der Waals surface area contributed by atoms with Crippen molar-refractivity contribution in [3.63, 3.8) is 0 Å². The standard InChI is InChI=1S/C13H10F3N/c14-9-2-4-13(16)11(6-9)10-5-8(7-17)1-3-12(10)15/h1-6H,7,17H2. The van der Waals surface area contributed by atoms with Crippen LogP contribution < -0.4 is 5.73 Å². The monoisotopic (exact) mass is 237 g/mol. The molecule has 0 radical (unpaired) electrons. The zero-order valence-corrected chi connectivity index (χ0v) is 8.88. The van der Waals surface area contributed by atoms with E-state index in [4.69, 9.17) is 5.73 Å². The summed E-state index contributed by atoms with van der Waals surface area (Å²) in [5.41, 5.74) is 6.00. The van der Waals surface area contributed by atoms with Gasteiger partial charge >= 0.3 is 0 Å². The first-order chi connectivity index (χ1) is 8.11. The van der Waals surface area contributed by atoms with E-state index in [-0.39, 0.29) is 17.7 Å². The Bertz CT molecular complexity index is 552. The van der Waals surface area contributed by atoms with Crippen molar-refractivity contribution in [2.24, 2.45) is 5.73 Å². The van der Waals surface area contributed by atoms with Gasteiger partial charge in [-0.3, -0.25) is 0 Å². The van der Waals surface area contributed by atoms with Crippen molar-refractivity contribution in [1.29, 1.82) is 0 Å². The Balaban J connectivity index is 2.62. The van der Waals surface area contributed by atoms with Gasteiger partial charge in [-0.1, -0.05) is 6.07 Å². The molecule has 2 N–H and O–H groups in total. The van der Waals surface area contributed by atoms with Gasteiger partial charge in [0.15, 0.2) is 0 Å². The van der Waals surface area contributed by atoms with Crippen LogP contribution in [-0.2, 0) is 6.54 Å². The van der Waals surface area contributed by atoms with Crippen molar-refractivity contribution in [2.75, 3.05) is 0 Å². The summed E-state index contributed by atoms with van der Waals surface area (Å²) in [7, 11) is 0. The Morgan fingerprint density at radius 3 is 2.06 bits per heavy atom. The molecule has 2 aromatic rings. The van der Waals surface area contributed by atoms with Crippen LogP contribution in [0.3, 0.4) is 0 Å². The van der Waals surface area contributed by atoms with E-state index in [0.29, 0.717) is 5.56 Å². The second-order valence-corrected chi connectivity index (χ2v) is 3.64. The Morgan fingerprint density at radius 2 is 1.41 bits per heavy atom. The molecule has 0 spiro atoms. The average Bonchev–Trinajstić information content (AvgIpc) is 2.33. The molecule has 0 heterocycles. The van der Waals surface area contributed by atoms with Crippen molar-refractivity contribution in [3.05, 3.63) is 59.4 Å². The SMILES string of the molecule is NCc1ccc(F)c(-c2cc(F)ccc2F)c1. The van der Waals surface area contributed by atoms with Gasteiger partial charge in [-0.25, -0.2) is 13.2 Å². The van der Waals surface area contributed by atoms with Gasteiger partial charge in [-0.2, -0.15) is 0 Å². The van der Waals surface area contributed by atoms with Gasteiger partial charge in [0.2, 0.25) is 0 Å². The first-order valence-electron chi connectivity index (χ1n) is 5.05. The summed E-state index contributed by atoms with van der Waals surface area (Å²) in [6.45, 7) is 0.213. The third-order valence-electron chi connectivity index (χ3n) is 2.49. The van der Waals surface area contributed by atoms with E-state index in [1.807, 2.05) is 0 Å². The van der Waals surface area contributed by atoms with E-state index in [9.17, 15) is 13.2 Å². The zero-order chi connectivity index (χ0) is 12.4. The summed E-state index contributed by atoms with van der Waals surface area (Å²) in [4.78, 5) is 0. The van der Waals surface area contributed by atoms with Crippen molar-refractivity contribution < 1.29 is 13.2 Å². The fourth-order valence-electron chi connectivity index (χ4n) is 1.61. The second-order valence-electron chi connectivity index (χ2n) is 3.64. The number of rotatable bonds is 2. The Kier molecular flexibility index (Phi) is 3.15. The molecule has 0 unspecified atom stereocenters. The molecule has 0 aliphatic carbocycles. The molecule has 0 amide bonds. The van der Waals surface area contributed by atoms with Crippen molar-refractivity contribution in [2.45, 2.75) is 6.54 Å². The molecule has 2 rings (SSSR count). The zero-order valence-electron chi connectivity index (χ0n) is 8.88. The third kappa shape index (κ3) is 2.31. The number of hydrogen-bond acceptors (Lipinski definition) is 1. The maximum absolute atomic E-state index is 13.6. The molecule has 0 saturated carbocycles. The van der Waals surface area contributed by atoms with E-state index < -0.39 is 17.5 Å². The smallest absolute Gasteiger partial charge is 0.131 e. The molecule has 4 heteroatoms. The average molecular weight is 237 g/mol. The molecule has 2 aromatic carbocycles. The molecular formula is C13H10F3N. The number of nitrogens with two attached hydrogens (primary N) is 1. The van der Waals surface area contributed by atoms with Gasteiger partial charge in [0.25, 0.3) is 0 Å². The summed E-state index contributed by atoms with van der Waals surface area (Å²) in [6, 6.07) is 7.06. The van der Waals surface area contributed by atoms with Gasteiger partial charge < -0.3 is 5.73 Å². The lowest BCUT2D eigenvalue weighted by atomic mass is 10.0. The highest BCUT2D eigenvalue weighted by Crippen LogP contribution is 2.27. The highest BCUT2D eigenvalue weighted by Gasteiger charge is 2.11. The normalized spacial score (nSPS) is 10.6. The predicted octanol–water partition coefficient (Wildman–Crippen LogP) is 3.23. The molecule has 88 valence electrons. The molecular weight excluding hydrogens is 227 g/mol. The summed E-state index contributed by atoms with van der Waals surface area (Å²) in [5.74, 6) is -1.88. The Morgan fingerprint density at radius 1 is 0.824 bits per heavy atom. The minimum Gasteiger partial charge on any atom is -0.326 e. The quantitative estimate of drug-likeness (QED) is 0.852. The summed E-state index contributed by atoms with van der Waals surface area (Å²) >= 11 is 0. The van der Waals surface area contributed by atoms with Crippen LogP contribution in [0.4, 0.5) is 13.2 Å². The molecule has 0 aromatic heterocycles. The molecule has 0 aliphatic rings. The van der Waals surface area contributed by atoms with E-state index in [1.54, 1.807) is 0 Å². The van der Waals surface area contributed by atoms with Crippen LogP contribution in [-0.4, -0.2) is 0 Å². The van der Waals surface area contributed by atoms with Gasteiger partial charge in [0.1, 0.15) is 17.5 Å². The molecule has 17 heavy (non-hydrogen) atoms. The van der Waals surface area contributed by atoms with E-state index >= 15 is 0 Å². The Labute approximate surface area is 96.7 Å². The lowest BCUT2D eigenvalue weighted by molar-refractivity contribution is 0.597. The van der Waals surface area contributed by atoms with Crippen molar-refractivity contribution >= 4 is 0 Å². The minimum atomic E-state index is -0.667. The van der Waals surface area contributed by atoms with Crippen molar-refractivity contribution in [1.82, 2.24) is 0 Å². The predicted molar refractivity (Wildman–Crippen MR) is 59.6 cm³/mol. The lowest BCUT2D eigenvalue weighted by Crippen LogP contribution is -1.98. The highest BCUT2D eigenvalue weighted by molar-refractivity contribution is 5.65. The van der Waals surface area contributed by atoms with Crippen LogP contribution in [0.1, 0.15) is 5.56 Å². The fraction of sp³-hybridized carbons (Fsp3) is 0.0769. The maximum atomic E-state index is 13.6. The van der Waals surface area contributed by atoms with Gasteiger partial charge in [-0.15, -0.1) is 0 Å². The van der Waals surface area contributed by atoms with Gasteiger partial charge in [-0.05, 0) is 35.9 Å². The number of halogens is 3. The van der Waals surface area contributed by atoms with Crippen LogP contribution in [0.25, 0.3) is 11.1 Å². The fourth-order valence-corrected chi connectivity index (χ4v) is 1.61. The van der Waals surface area contributed by atoms with Gasteiger partial charge in [0, 0.05) is 17.7 Å². The van der Waals surface area contributed by atoms with Gasteiger partial charge in [0.05, 0.1) is 0 Å². The first-order valence-corrected chi connectivity index (χ1v) is 5.05. The highest BCUT2D eigenvalue weighted by atomic mass is 19.1. The summed E-state index contributed by atoms with van der Waals surface area (Å²) in [5, 5.41) is 0. The lowest BCUT2D eigenvalue weighted by Gasteiger charge is -2.07. The Hall–Kier alpha value is -1.81. The van der Waals surface area contributed by atoms with Crippen LogP contribution in [0, 0.1) is 17.5 Å². The van der Waals surface area contributed by atoms with Crippen molar-refractivity contribution in [3.8, 4) is 11.1 Å². The maximum Gasteiger partial charge on any atom is 0.131 e. The molecule has 1 nitrogen and oxygen atoms in total. The molecule has 0 fully saturated rings. The first kappa shape index (κ1) is 11.7. The topological polar surface area (TPSA) is 26.0 Å².